The van der Waals surface area contributed by atoms with Crippen molar-refractivity contribution >= 4 is 0 Å². The second-order valence-corrected chi connectivity index (χ2v) is 4.13. The molecule has 0 heterocycles. The molecule has 0 amide bonds. The van der Waals surface area contributed by atoms with Crippen molar-refractivity contribution in [1.82, 2.24) is 0 Å². The molecule has 1 unspecified atom stereocenters. The quantitative estimate of drug-likeness (QED) is 0.176. The van der Waals surface area contributed by atoms with Crippen molar-refractivity contribution in [2.75, 3.05) is 60.5 Å². The second kappa shape index (κ2) is 14.0. The van der Waals surface area contributed by atoms with Gasteiger partial charge in [0.2, 0.25) is 0 Å². The van der Waals surface area contributed by atoms with Crippen molar-refractivity contribution in [1.29, 1.82) is 0 Å². The first-order valence-corrected chi connectivity index (χ1v) is 6.35. The van der Waals surface area contributed by atoms with Gasteiger partial charge < -0.3 is 34.7 Å². The van der Waals surface area contributed by atoms with Gasteiger partial charge in [0.05, 0.1) is 38.6 Å². The number of hydrogen-bond donors (Lipinski definition) is 2. The van der Waals surface area contributed by atoms with E-state index in [4.69, 9.17) is 24.7 Å². The standard InChI is InChI=1S/C12H25NO8/c1-15-3-5-17-10-12(13,9-14)11-18-6-8-20-21-19-7-4-16-2/h6,8,14H,3-5,7,9-11,13H2,1-2H3/b8-6+. The summed E-state index contributed by atoms with van der Waals surface area (Å²) in [6.07, 6.45) is 2.34. The Morgan fingerprint density at radius 2 is 1.71 bits per heavy atom. The van der Waals surface area contributed by atoms with Crippen molar-refractivity contribution in [3.8, 4) is 0 Å². The Hall–Kier alpha value is -0.940. The van der Waals surface area contributed by atoms with Crippen molar-refractivity contribution in [3.63, 3.8) is 0 Å². The molecule has 0 aromatic rings. The molecular weight excluding hydrogens is 286 g/mol. The highest BCUT2D eigenvalue weighted by molar-refractivity contribution is 4.84. The predicted octanol–water partition coefficient (Wildman–Crippen LogP) is -0.647. The number of aliphatic hydroxyl groups is 1. The lowest BCUT2D eigenvalue weighted by Crippen LogP contribution is -2.52. The van der Waals surface area contributed by atoms with Gasteiger partial charge in [0.25, 0.3) is 0 Å². The SMILES string of the molecule is COCCOCC(N)(CO)CO/C=C/OOOCCOC. The first-order valence-electron chi connectivity index (χ1n) is 6.35. The van der Waals surface area contributed by atoms with Crippen LogP contribution in [0.2, 0.25) is 0 Å². The molecule has 0 aliphatic rings. The van der Waals surface area contributed by atoms with Crippen LogP contribution in [0.4, 0.5) is 0 Å². The number of nitrogens with two attached hydrogens (primary N) is 1. The minimum Gasteiger partial charge on any atom is -0.496 e. The molecule has 9 nitrogen and oxygen atoms in total. The number of rotatable bonds is 15. The van der Waals surface area contributed by atoms with E-state index < -0.39 is 5.54 Å². The van der Waals surface area contributed by atoms with E-state index in [0.29, 0.717) is 19.8 Å². The van der Waals surface area contributed by atoms with Crippen LogP contribution in [0.15, 0.2) is 12.5 Å². The molecular formula is C12H25NO8. The average molecular weight is 311 g/mol. The fourth-order valence-corrected chi connectivity index (χ4v) is 1.03. The van der Waals surface area contributed by atoms with Crippen molar-refractivity contribution < 1.29 is 38.9 Å². The molecule has 0 aliphatic carbocycles. The molecule has 0 spiro atoms. The van der Waals surface area contributed by atoms with Crippen molar-refractivity contribution in [3.05, 3.63) is 12.5 Å². The first kappa shape index (κ1) is 20.1. The van der Waals surface area contributed by atoms with E-state index in [1.807, 2.05) is 0 Å². The summed E-state index contributed by atoms with van der Waals surface area (Å²) in [5.74, 6) is 0. The van der Waals surface area contributed by atoms with E-state index in [1.54, 1.807) is 7.11 Å². The summed E-state index contributed by atoms with van der Waals surface area (Å²) in [4.78, 5) is 9.08. The van der Waals surface area contributed by atoms with Crippen LogP contribution >= 0.6 is 0 Å². The fourth-order valence-electron chi connectivity index (χ4n) is 1.03. The molecule has 0 aliphatic heterocycles. The Balaban J connectivity index is 3.64. The van der Waals surface area contributed by atoms with Crippen LogP contribution in [-0.2, 0) is 33.8 Å². The predicted molar refractivity (Wildman–Crippen MR) is 71.8 cm³/mol. The maximum absolute atomic E-state index is 9.24. The highest BCUT2D eigenvalue weighted by Gasteiger charge is 2.25. The maximum atomic E-state index is 9.24. The third kappa shape index (κ3) is 12.5. The summed E-state index contributed by atoms with van der Waals surface area (Å²) in [5.41, 5.74) is 4.88. The number of ether oxygens (including phenoxy) is 4. The molecule has 0 rings (SSSR count). The summed E-state index contributed by atoms with van der Waals surface area (Å²) in [7, 11) is 3.11. The van der Waals surface area contributed by atoms with Crippen LogP contribution in [-0.4, -0.2) is 71.1 Å². The third-order valence-corrected chi connectivity index (χ3v) is 2.17. The van der Waals surface area contributed by atoms with Crippen LogP contribution < -0.4 is 5.73 Å². The smallest absolute Gasteiger partial charge is 0.167 e. The van der Waals surface area contributed by atoms with Crippen LogP contribution in [0.1, 0.15) is 0 Å². The summed E-state index contributed by atoms with van der Waals surface area (Å²) < 4.78 is 19.9. The van der Waals surface area contributed by atoms with Gasteiger partial charge in [-0.25, -0.2) is 0 Å². The van der Waals surface area contributed by atoms with Gasteiger partial charge >= 0.3 is 0 Å². The molecule has 126 valence electrons. The van der Waals surface area contributed by atoms with E-state index in [1.165, 1.54) is 13.4 Å². The van der Waals surface area contributed by atoms with E-state index in [0.717, 1.165) is 6.26 Å². The topological polar surface area (TPSA) is 111 Å². The minimum atomic E-state index is -1.01. The Morgan fingerprint density at radius 3 is 2.38 bits per heavy atom. The second-order valence-electron chi connectivity index (χ2n) is 4.13. The molecule has 0 bridgehead atoms. The minimum absolute atomic E-state index is 0.0425. The maximum Gasteiger partial charge on any atom is 0.167 e. The average Bonchev–Trinajstić information content (AvgIpc) is 2.50. The number of hydrogen-bond acceptors (Lipinski definition) is 9. The summed E-state index contributed by atoms with van der Waals surface area (Å²) >= 11 is 0. The third-order valence-electron chi connectivity index (χ3n) is 2.17. The summed E-state index contributed by atoms with van der Waals surface area (Å²) in [6.45, 7) is 1.36. The van der Waals surface area contributed by atoms with Gasteiger partial charge in [-0.15, -0.1) is 0 Å². The lowest BCUT2D eigenvalue weighted by atomic mass is 10.1. The molecule has 0 fully saturated rings. The zero-order valence-corrected chi connectivity index (χ0v) is 12.5. The van der Waals surface area contributed by atoms with Crippen LogP contribution in [0, 0.1) is 0 Å². The highest BCUT2D eigenvalue weighted by Crippen LogP contribution is 2.02. The van der Waals surface area contributed by atoms with Gasteiger partial charge in [0.1, 0.15) is 19.5 Å². The van der Waals surface area contributed by atoms with E-state index >= 15 is 0 Å². The molecule has 0 radical (unpaired) electrons. The lowest BCUT2D eigenvalue weighted by molar-refractivity contribution is -0.491. The molecule has 3 N–H and O–H groups in total. The summed E-state index contributed by atoms with van der Waals surface area (Å²) in [5, 5.41) is 13.6. The highest BCUT2D eigenvalue weighted by atomic mass is 17.5. The zero-order chi connectivity index (χ0) is 15.8. The lowest BCUT2D eigenvalue weighted by Gasteiger charge is -2.25. The van der Waals surface area contributed by atoms with Crippen molar-refractivity contribution in [2.45, 2.75) is 5.54 Å². The van der Waals surface area contributed by atoms with Gasteiger partial charge in [-0.3, -0.25) is 0 Å². The van der Waals surface area contributed by atoms with E-state index in [9.17, 15) is 5.11 Å². The number of aliphatic hydroxyl groups excluding tert-OH is 1. The molecule has 0 aromatic heterocycles. The fraction of sp³-hybridized carbons (Fsp3) is 0.833. The molecule has 1 atom stereocenters. The van der Waals surface area contributed by atoms with Gasteiger partial charge in [0, 0.05) is 14.2 Å². The summed E-state index contributed by atoms with van der Waals surface area (Å²) in [6, 6.07) is 0. The Morgan fingerprint density at radius 1 is 1.00 bits per heavy atom. The Kier molecular flexibility index (Phi) is 13.4. The van der Waals surface area contributed by atoms with Gasteiger partial charge in [-0.2, -0.15) is 4.89 Å². The van der Waals surface area contributed by atoms with E-state index in [2.05, 4.69) is 14.8 Å². The largest absolute Gasteiger partial charge is 0.496 e. The van der Waals surface area contributed by atoms with Crippen molar-refractivity contribution in [2.24, 2.45) is 5.73 Å². The van der Waals surface area contributed by atoms with Crippen LogP contribution in [0.5, 0.6) is 0 Å². The number of methoxy groups -OCH3 is 2. The Labute approximate surface area is 124 Å². The molecule has 0 aromatic carbocycles. The van der Waals surface area contributed by atoms with Gasteiger partial charge in [-0.05, 0) is 5.04 Å². The Bertz CT molecular complexity index is 253. The first-order chi connectivity index (χ1) is 10.2. The zero-order valence-electron chi connectivity index (χ0n) is 12.5. The van der Waals surface area contributed by atoms with Crippen LogP contribution in [0.3, 0.4) is 0 Å². The van der Waals surface area contributed by atoms with E-state index in [-0.39, 0.29) is 26.4 Å². The normalized spacial score (nSPS) is 14.3. The monoisotopic (exact) mass is 311 g/mol. The van der Waals surface area contributed by atoms with Crippen LogP contribution in [0.25, 0.3) is 0 Å². The van der Waals surface area contributed by atoms with Gasteiger partial charge in [0.15, 0.2) is 6.26 Å². The molecule has 0 saturated carbocycles. The molecule has 9 heteroatoms. The molecule has 21 heavy (non-hydrogen) atoms. The van der Waals surface area contributed by atoms with Gasteiger partial charge in [-0.1, -0.05) is 0 Å². The molecule has 0 saturated heterocycles.